The highest BCUT2D eigenvalue weighted by atomic mass is 32.2. The average molecular weight is 147 g/mol. The van der Waals surface area contributed by atoms with Gasteiger partial charge in [-0.2, -0.15) is 0 Å². The number of hydrogen-bond acceptors (Lipinski definition) is 3. The van der Waals surface area contributed by atoms with Crippen molar-refractivity contribution in [2.75, 3.05) is 12.8 Å². The molecule has 9 heavy (non-hydrogen) atoms. The van der Waals surface area contributed by atoms with E-state index in [9.17, 15) is 4.79 Å². The van der Waals surface area contributed by atoms with Crippen molar-refractivity contribution >= 4 is 16.9 Å². The van der Waals surface area contributed by atoms with Crippen LogP contribution in [-0.4, -0.2) is 17.9 Å². The second-order valence-corrected chi connectivity index (χ2v) is 2.98. The van der Waals surface area contributed by atoms with Gasteiger partial charge in [0.2, 0.25) is 0 Å². The second-order valence-electron chi connectivity index (χ2n) is 2.12. The zero-order valence-electron chi connectivity index (χ0n) is 5.89. The molecule has 0 spiro atoms. The number of nitrogens with two attached hydrogens (primary N) is 1. The van der Waals surface area contributed by atoms with Crippen LogP contribution in [0, 0.1) is 5.92 Å². The van der Waals surface area contributed by atoms with Gasteiger partial charge in [-0.25, -0.2) is 0 Å². The van der Waals surface area contributed by atoms with E-state index in [1.54, 1.807) is 6.26 Å². The van der Waals surface area contributed by atoms with Crippen LogP contribution < -0.4 is 5.73 Å². The summed E-state index contributed by atoms with van der Waals surface area (Å²) in [7, 11) is 0. The van der Waals surface area contributed by atoms with Gasteiger partial charge < -0.3 is 5.73 Å². The summed E-state index contributed by atoms with van der Waals surface area (Å²) in [5, 5.41) is 0.230. The van der Waals surface area contributed by atoms with Crippen molar-refractivity contribution in [2.24, 2.45) is 11.7 Å². The molecule has 0 aromatic rings. The summed E-state index contributed by atoms with van der Waals surface area (Å²) >= 11 is 1.27. The molecule has 0 unspecified atom stereocenters. The van der Waals surface area contributed by atoms with Gasteiger partial charge in [0.25, 0.3) is 0 Å². The summed E-state index contributed by atoms with van der Waals surface area (Å²) in [6.07, 6.45) is 2.41. The van der Waals surface area contributed by atoms with Gasteiger partial charge in [-0.05, 0) is 18.7 Å². The third-order valence-corrected chi connectivity index (χ3v) is 1.77. The van der Waals surface area contributed by atoms with Crippen molar-refractivity contribution in [1.82, 2.24) is 0 Å². The van der Waals surface area contributed by atoms with Gasteiger partial charge in [0.15, 0.2) is 5.12 Å². The maximum Gasteiger partial charge on any atom is 0.188 e. The van der Waals surface area contributed by atoms with E-state index in [1.165, 1.54) is 11.8 Å². The van der Waals surface area contributed by atoms with E-state index in [0.717, 1.165) is 0 Å². The van der Waals surface area contributed by atoms with E-state index in [0.29, 0.717) is 18.9 Å². The zero-order chi connectivity index (χ0) is 7.28. The minimum absolute atomic E-state index is 0.230. The lowest BCUT2D eigenvalue weighted by Crippen LogP contribution is -2.13. The summed E-state index contributed by atoms with van der Waals surface area (Å²) in [5.74, 6) is 0.338. The molecule has 0 amide bonds. The third kappa shape index (κ3) is 4.48. The van der Waals surface area contributed by atoms with Crippen LogP contribution >= 0.6 is 11.8 Å². The molecule has 0 aliphatic carbocycles. The Morgan fingerprint density at radius 1 is 1.78 bits per heavy atom. The molecule has 0 bridgehead atoms. The fourth-order valence-corrected chi connectivity index (χ4v) is 0.902. The van der Waals surface area contributed by atoms with Gasteiger partial charge in [0.1, 0.15) is 0 Å². The summed E-state index contributed by atoms with van der Waals surface area (Å²) < 4.78 is 0. The minimum atomic E-state index is 0.230. The summed E-state index contributed by atoms with van der Waals surface area (Å²) in [4.78, 5) is 10.7. The van der Waals surface area contributed by atoms with E-state index in [-0.39, 0.29) is 5.12 Å². The number of rotatable bonds is 3. The molecule has 0 radical (unpaired) electrons. The van der Waals surface area contributed by atoms with Crippen LogP contribution in [0.3, 0.4) is 0 Å². The van der Waals surface area contributed by atoms with Crippen molar-refractivity contribution < 1.29 is 4.79 Å². The van der Waals surface area contributed by atoms with Crippen LogP contribution in [0.25, 0.3) is 0 Å². The largest absolute Gasteiger partial charge is 0.330 e. The van der Waals surface area contributed by atoms with Crippen LogP contribution in [0.15, 0.2) is 0 Å². The lowest BCUT2D eigenvalue weighted by atomic mass is 10.1. The van der Waals surface area contributed by atoms with Gasteiger partial charge >= 0.3 is 0 Å². The van der Waals surface area contributed by atoms with Crippen LogP contribution in [-0.2, 0) is 4.79 Å². The van der Waals surface area contributed by atoms with E-state index < -0.39 is 0 Å². The normalized spacial score (nSPS) is 13.2. The topological polar surface area (TPSA) is 43.1 Å². The highest BCUT2D eigenvalue weighted by molar-refractivity contribution is 8.13. The number of thioether (sulfide) groups is 1. The molecule has 0 aliphatic heterocycles. The molecular formula is C6H13NOS. The predicted molar refractivity (Wildman–Crippen MR) is 41.4 cm³/mol. The Hall–Kier alpha value is -0.0200. The molecule has 2 N–H and O–H groups in total. The fraction of sp³-hybridized carbons (Fsp3) is 0.833. The monoisotopic (exact) mass is 147 g/mol. The third-order valence-electron chi connectivity index (χ3n) is 1.15. The molecule has 0 saturated heterocycles. The smallest absolute Gasteiger partial charge is 0.188 e. The molecule has 0 saturated carbocycles. The van der Waals surface area contributed by atoms with Gasteiger partial charge in [-0.3, -0.25) is 4.79 Å². The lowest BCUT2D eigenvalue weighted by Gasteiger charge is -2.03. The maximum atomic E-state index is 10.7. The minimum Gasteiger partial charge on any atom is -0.330 e. The summed E-state index contributed by atoms with van der Waals surface area (Å²) in [6.45, 7) is 2.58. The highest BCUT2D eigenvalue weighted by Gasteiger charge is 2.04. The van der Waals surface area contributed by atoms with Gasteiger partial charge in [-0.1, -0.05) is 18.7 Å². The van der Waals surface area contributed by atoms with Crippen LogP contribution in [0.1, 0.15) is 13.3 Å². The first-order valence-corrected chi connectivity index (χ1v) is 4.20. The molecule has 54 valence electrons. The molecule has 2 nitrogen and oxygen atoms in total. The van der Waals surface area contributed by atoms with E-state index in [4.69, 9.17) is 5.73 Å². The van der Waals surface area contributed by atoms with Crippen molar-refractivity contribution in [2.45, 2.75) is 13.3 Å². The second kappa shape index (κ2) is 4.82. The predicted octanol–water partition coefficient (Wildman–Crippen LogP) is 0.861. The SMILES string of the molecule is CSC(=O)C[C@@H](C)CN. The Kier molecular flexibility index (Phi) is 4.81. The van der Waals surface area contributed by atoms with Crippen molar-refractivity contribution in [3.8, 4) is 0 Å². The Morgan fingerprint density at radius 3 is 2.67 bits per heavy atom. The molecule has 3 heteroatoms. The Labute approximate surface area is 60.2 Å². The first kappa shape index (κ1) is 8.98. The first-order valence-electron chi connectivity index (χ1n) is 2.97. The standard InChI is InChI=1S/C6H13NOS/c1-5(4-7)3-6(8)9-2/h5H,3-4,7H2,1-2H3/t5-/m1/s1. The molecule has 0 heterocycles. The fourth-order valence-electron chi connectivity index (χ4n) is 0.451. The van der Waals surface area contributed by atoms with Crippen molar-refractivity contribution in [3.63, 3.8) is 0 Å². The van der Waals surface area contributed by atoms with Crippen molar-refractivity contribution in [3.05, 3.63) is 0 Å². The Balaban J connectivity index is 3.34. The molecule has 0 aliphatic rings. The number of carbonyl (C=O) groups is 1. The van der Waals surface area contributed by atoms with E-state index >= 15 is 0 Å². The Morgan fingerprint density at radius 2 is 2.33 bits per heavy atom. The van der Waals surface area contributed by atoms with Gasteiger partial charge in [0.05, 0.1) is 0 Å². The summed E-state index contributed by atoms with van der Waals surface area (Å²) in [6, 6.07) is 0. The molecule has 0 fully saturated rings. The molecular weight excluding hydrogens is 134 g/mol. The number of carbonyl (C=O) groups excluding carboxylic acids is 1. The van der Waals surface area contributed by atoms with Gasteiger partial charge in [0, 0.05) is 6.42 Å². The van der Waals surface area contributed by atoms with E-state index in [2.05, 4.69) is 0 Å². The maximum absolute atomic E-state index is 10.7. The van der Waals surface area contributed by atoms with Crippen LogP contribution in [0.5, 0.6) is 0 Å². The first-order chi connectivity index (χ1) is 4.20. The van der Waals surface area contributed by atoms with E-state index in [1.807, 2.05) is 6.92 Å². The Bertz CT molecular complexity index is 95.1. The summed E-state index contributed by atoms with van der Waals surface area (Å²) in [5.41, 5.74) is 5.31. The van der Waals surface area contributed by atoms with Crippen LogP contribution in [0.4, 0.5) is 0 Å². The highest BCUT2D eigenvalue weighted by Crippen LogP contribution is 2.06. The van der Waals surface area contributed by atoms with Crippen molar-refractivity contribution in [1.29, 1.82) is 0 Å². The molecule has 0 rings (SSSR count). The van der Waals surface area contributed by atoms with Crippen LogP contribution in [0.2, 0.25) is 0 Å². The molecule has 0 aromatic heterocycles. The quantitative estimate of drug-likeness (QED) is 0.644. The molecule has 0 aromatic carbocycles. The lowest BCUT2D eigenvalue weighted by molar-refractivity contribution is -0.111. The van der Waals surface area contributed by atoms with Gasteiger partial charge in [-0.15, -0.1) is 0 Å². The number of hydrogen-bond donors (Lipinski definition) is 1. The average Bonchev–Trinajstić information content (AvgIpc) is 1.87. The molecule has 1 atom stereocenters. The zero-order valence-corrected chi connectivity index (χ0v) is 6.70.